The van der Waals surface area contributed by atoms with Gasteiger partial charge in [-0.2, -0.15) is 0 Å². The molecule has 2 saturated heterocycles. The van der Waals surface area contributed by atoms with E-state index in [1.807, 2.05) is 12.1 Å². The molecule has 1 atom stereocenters. The molecule has 3 aliphatic heterocycles. The minimum absolute atomic E-state index is 0.471. The summed E-state index contributed by atoms with van der Waals surface area (Å²) in [7, 11) is 1.79. The van der Waals surface area contributed by atoms with Gasteiger partial charge in [-0.1, -0.05) is 12.1 Å². The number of hydrogen-bond acceptors (Lipinski definition) is 9. The van der Waals surface area contributed by atoms with E-state index in [0.29, 0.717) is 11.8 Å². The first-order valence-electron chi connectivity index (χ1n) is 14.5. The minimum Gasteiger partial charge on any atom is -0.378 e. The molecule has 0 radical (unpaired) electrons. The first-order chi connectivity index (χ1) is 19.7. The van der Waals surface area contributed by atoms with E-state index >= 15 is 0 Å². The van der Waals surface area contributed by atoms with Gasteiger partial charge in [0.05, 0.1) is 5.69 Å². The molecular formula is C31H38N8O. The lowest BCUT2D eigenvalue weighted by Gasteiger charge is -2.36. The summed E-state index contributed by atoms with van der Waals surface area (Å²) in [6.07, 6.45) is 14.6. The fourth-order valence-corrected chi connectivity index (χ4v) is 6.10. The maximum Gasteiger partial charge on any atom is 0.222 e. The normalized spacial score (nSPS) is 19.7. The van der Waals surface area contributed by atoms with E-state index < -0.39 is 6.04 Å². The van der Waals surface area contributed by atoms with Gasteiger partial charge in [-0.25, -0.2) is 15.0 Å². The molecular weight excluding hydrogens is 500 g/mol. The molecule has 0 spiro atoms. The van der Waals surface area contributed by atoms with Crippen molar-refractivity contribution in [3.05, 3.63) is 65.6 Å². The molecule has 9 nitrogen and oxygen atoms in total. The number of benzene rings is 1. The van der Waals surface area contributed by atoms with Crippen LogP contribution in [0.2, 0.25) is 0 Å². The summed E-state index contributed by atoms with van der Waals surface area (Å²) in [4.78, 5) is 30.8. The first-order valence-corrected chi connectivity index (χ1v) is 14.5. The Labute approximate surface area is 236 Å². The van der Waals surface area contributed by atoms with Gasteiger partial charge >= 0.3 is 0 Å². The number of carbonyl (C=O) groups excluding carboxylic acids is 1. The number of anilines is 3. The fraction of sp³-hybridized carbons (Fsp3) is 0.419. The summed E-state index contributed by atoms with van der Waals surface area (Å²) in [5.74, 6) is 1.20. The van der Waals surface area contributed by atoms with Gasteiger partial charge in [-0.05, 0) is 99.9 Å². The molecule has 1 unspecified atom stereocenters. The van der Waals surface area contributed by atoms with E-state index in [0.717, 1.165) is 53.4 Å². The first kappa shape index (κ1) is 26.4. The van der Waals surface area contributed by atoms with Gasteiger partial charge < -0.3 is 30.5 Å². The van der Waals surface area contributed by atoms with Crippen molar-refractivity contribution in [1.82, 2.24) is 30.1 Å². The second-order valence-corrected chi connectivity index (χ2v) is 10.9. The van der Waals surface area contributed by atoms with Crippen LogP contribution in [0.4, 0.5) is 17.5 Å². The number of rotatable bonds is 9. The van der Waals surface area contributed by atoms with Crippen molar-refractivity contribution >= 4 is 29.8 Å². The third-order valence-corrected chi connectivity index (χ3v) is 8.40. The Balaban J connectivity index is 1.13. The van der Waals surface area contributed by atoms with E-state index in [4.69, 9.17) is 4.98 Å². The number of nitrogens with one attached hydrogen (secondary N) is 3. The van der Waals surface area contributed by atoms with Crippen molar-refractivity contribution in [2.75, 3.05) is 50.4 Å². The highest BCUT2D eigenvalue weighted by atomic mass is 16.1. The predicted molar refractivity (Wildman–Crippen MR) is 159 cm³/mol. The highest BCUT2D eigenvalue weighted by molar-refractivity contribution is 5.79. The molecule has 0 saturated carbocycles. The zero-order chi connectivity index (χ0) is 27.3. The molecule has 208 valence electrons. The van der Waals surface area contributed by atoms with Crippen LogP contribution >= 0.6 is 0 Å². The van der Waals surface area contributed by atoms with Crippen molar-refractivity contribution in [1.29, 1.82) is 0 Å². The molecule has 0 bridgehead atoms. The third-order valence-electron chi connectivity index (χ3n) is 8.40. The van der Waals surface area contributed by atoms with Gasteiger partial charge in [-0.15, -0.1) is 0 Å². The number of aldehydes is 1. The maximum atomic E-state index is 11.9. The number of hydrogen-bond donors (Lipinski definition) is 3. The largest absolute Gasteiger partial charge is 0.378 e. The Bertz CT molecular complexity index is 1330. The van der Waals surface area contributed by atoms with Crippen LogP contribution in [0, 0.1) is 0 Å². The summed E-state index contributed by atoms with van der Waals surface area (Å²) in [5.41, 5.74) is 5.57. The number of aromatic nitrogens is 3. The van der Waals surface area contributed by atoms with Crippen molar-refractivity contribution in [2.45, 2.75) is 44.2 Å². The van der Waals surface area contributed by atoms with Crippen LogP contribution in [0.3, 0.4) is 0 Å². The SMILES string of the molecule is CNc1ncc(-c2cc3c(c(Nc4ccc(CCN5CCC(N6CCCC6)CC5)cc4)n2)C(C=O)NC=C3)cn1. The average Bonchev–Trinajstić information content (AvgIpc) is 3.56. The molecule has 40 heavy (non-hydrogen) atoms. The Hall–Kier alpha value is -3.82. The number of fused-ring (bicyclic) bond motifs is 1. The lowest BCUT2D eigenvalue weighted by atomic mass is 9.97. The van der Waals surface area contributed by atoms with E-state index in [2.05, 4.69) is 60.0 Å². The Morgan fingerprint density at radius 2 is 1.80 bits per heavy atom. The van der Waals surface area contributed by atoms with E-state index in [1.54, 1.807) is 25.6 Å². The molecule has 1 aromatic carbocycles. The lowest BCUT2D eigenvalue weighted by molar-refractivity contribution is -0.109. The lowest BCUT2D eigenvalue weighted by Crippen LogP contribution is -2.44. The van der Waals surface area contributed by atoms with Gasteiger partial charge in [0.2, 0.25) is 5.95 Å². The zero-order valence-electron chi connectivity index (χ0n) is 23.1. The van der Waals surface area contributed by atoms with E-state index in [9.17, 15) is 4.79 Å². The second-order valence-electron chi connectivity index (χ2n) is 10.9. The summed E-state index contributed by atoms with van der Waals surface area (Å²) in [5, 5.41) is 9.55. The highest BCUT2D eigenvalue weighted by Gasteiger charge is 2.26. The summed E-state index contributed by atoms with van der Waals surface area (Å²) in [6.45, 7) is 6.11. The topological polar surface area (TPSA) is 98.3 Å². The highest BCUT2D eigenvalue weighted by Crippen LogP contribution is 2.34. The third kappa shape index (κ3) is 5.85. The van der Waals surface area contributed by atoms with E-state index in [1.165, 1.54) is 57.4 Å². The number of nitrogens with zero attached hydrogens (tertiary/aromatic N) is 5. The summed E-state index contributed by atoms with van der Waals surface area (Å²) < 4.78 is 0. The molecule has 3 aliphatic rings. The Morgan fingerprint density at radius 1 is 1.05 bits per heavy atom. The molecule has 2 fully saturated rings. The number of carbonyl (C=O) groups is 1. The van der Waals surface area contributed by atoms with E-state index in [-0.39, 0.29) is 0 Å². The van der Waals surface area contributed by atoms with Crippen LogP contribution in [0.25, 0.3) is 17.3 Å². The van der Waals surface area contributed by atoms with Crippen molar-refractivity contribution < 1.29 is 4.79 Å². The predicted octanol–water partition coefficient (Wildman–Crippen LogP) is 4.24. The average molecular weight is 539 g/mol. The van der Waals surface area contributed by atoms with Gasteiger partial charge in [0, 0.05) is 48.8 Å². The maximum absolute atomic E-state index is 11.9. The summed E-state index contributed by atoms with van der Waals surface area (Å²) >= 11 is 0. The monoisotopic (exact) mass is 538 g/mol. The number of piperidine rings is 1. The minimum atomic E-state index is -0.471. The molecule has 3 N–H and O–H groups in total. The van der Waals surface area contributed by atoms with Crippen molar-refractivity contribution in [3.63, 3.8) is 0 Å². The Morgan fingerprint density at radius 3 is 2.50 bits per heavy atom. The molecule has 0 aliphatic carbocycles. The number of pyridine rings is 1. The standard InChI is InChI=1S/C31H38N8O/c1-32-31-34-19-24(20-35-31)27-18-23-8-12-33-28(21-40)29(23)30(37-27)36-25-6-4-22(5-7-25)9-15-38-16-10-26(11-17-38)39-13-2-3-14-39/h4-8,12,18-21,26,28,33H,2-3,9-11,13-17H2,1H3,(H,36,37)(H,32,34,35). The molecule has 9 heteroatoms. The molecule has 0 amide bonds. The van der Waals surface area contributed by atoms with Gasteiger partial charge in [0.1, 0.15) is 18.1 Å². The van der Waals surface area contributed by atoms with Gasteiger partial charge in [-0.3, -0.25) is 0 Å². The second kappa shape index (κ2) is 12.1. The molecule has 6 rings (SSSR count). The quantitative estimate of drug-likeness (QED) is 0.346. The van der Waals surface area contributed by atoms with Crippen LogP contribution in [-0.4, -0.2) is 76.9 Å². The Kier molecular flexibility index (Phi) is 8.02. The van der Waals surface area contributed by atoms with Crippen LogP contribution in [0.5, 0.6) is 0 Å². The molecule has 3 aromatic rings. The van der Waals surface area contributed by atoms with Crippen molar-refractivity contribution in [3.8, 4) is 11.3 Å². The van der Waals surface area contributed by atoms with Crippen LogP contribution in [0.15, 0.2) is 48.9 Å². The van der Waals surface area contributed by atoms with Gasteiger partial charge in [0.25, 0.3) is 0 Å². The van der Waals surface area contributed by atoms with Gasteiger partial charge in [0.15, 0.2) is 0 Å². The fourth-order valence-electron chi connectivity index (χ4n) is 6.10. The van der Waals surface area contributed by atoms with Crippen LogP contribution < -0.4 is 16.0 Å². The van der Waals surface area contributed by atoms with Crippen LogP contribution in [0.1, 0.15) is 48.4 Å². The summed E-state index contributed by atoms with van der Waals surface area (Å²) in [6, 6.07) is 10.9. The smallest absolute Gasteiger partial charge is 0.222 e. The molecule has 5 heterocycles. The number of likely N-dealkylation sites (tertiary alicyclic amines) is 2. The van der Waals surface area contributed by atoms with Crippen LogP contribution in [-0.2, 0) is 11.2 Å². The zero-order valence-corrected chi connectivity index (χ0v) is 23.1. The molecule has 2 aromatic heterocycles. The van der Waals surface area contributed by atoms with Crippen molar-refractivity contribution in [2.24, 2.45) is 0 Å².